The molecule has 2 N–H and O–H groups in total. The third kappa shape index (κ3) is 1.84. The first-order chi connectivity index (χ1) is 6.61. The number of halogens is 2. The maximum atomic E-state index is 13.2. The molecule has 0 aliphatic heterocycles. The highest BCUT2D eigenvalue weighted by atomic mass is 79.9. The van der Waals surface area contributed by atoms with Crippen LogP contribution in [0, 0.1) is 5.95 Å². The van der Waals surface area contributed by atoms with Crippen LogP contribution in [0.2, 0.25) is 0 Å². The fraction of sp³-hybridized carbons (Fsp3) is 0.250. The first-order valence-electron chi connectivity index (χ1n) is 3.85. The van der Waals surface area contributed by atoms with Gasteiger partial charge in [-0.15, -0.1) is 0 Å². The number of pyridine rings is 1. The summed E-state index contributed by atoms with van der Waals surface area (Å²) < 4.78 is 13.8. The molecular weight excluding hydrogens is 253 g/mol. The Kier molecular flexibility index (Phi) is 3.40. The third-order valence-electron chi connectivity index (χ3n) is 1.69. The van der Waals surface area contributed by atoms with Crippen LogP contribution in [-0.2, 0) is 0 Å². The summed E-state index contributed by atoms with van der Waals surface area (Å²) in [4.78, 5) is 14.8. The van der Waals surface area contributed by atoms with Crippen molar-refractivity contribution in [2.24, 2.45) is 0 Å². The van der Waals surface area contributed by atoms with E-state index in [1.54, 1.807) is 7.05 Å². The molecular formula is C8H9BrFN3O. The maximum absolute atomic E-state index is 13.2. The Morgan fingerprint density at radius 2 is 2.21 bits per heavy atom. The van der Waals surface area contributed by atoms with Crippen molar-refractivity contribution < 1.29 is 9.18 Å². The summed E-state index contributed by atoms with van der Waals surface area (Å²) in [5.74, 6) is -1.31. The van der Waals surface area contributed by atoms with E-state index in [1.165, 1.54) is 13.2 Å². The van der Waals surface area contributed by atoms with Crippen molar-refractivity contribution in [1.29, 1.82) is 0 Å². The lowest BCUT2D eigenvalue weighted by atomic mass is 10.2. The van der Waals surface area contributed by atoms with Gasteiger partial charge in [-0.05, 0) is 15.9 Å². The highest BCUT2D eigenvalue weighted by Gasteiger charge is 2.18. The minimum Gasteiger partial charge on any atom is -0.386 e. The van der Waals surface area contributed by atoms with Crippen molar-refractivity contribution in [3.05, 3.63) is 22.2 Å². The van der Waals surface area contributed by atoms with Crippen LogP contribution in [0.1, 0.15) is 10.4 Å². The Labute approximate surface area is 89.0 Å². The molecule has 0 unspecified atom stereocenters. The molecule has 76 valence electrons. The number of hydrogen-bond donors (Lipinski definition) is 2. The molecule has 1 aromatic rings. The number of nitrogens with zero attached hydrogens (tertiary/aromatic N) is 1. The molecule has 0 saturated heterocycles. The summed E-state index contributed by atoms with van der Waals surface area (Å²) in [6.07, 6.45) is 1.30. The van der Waals surface area contributed by atoms with E-state index in [4.69, 9.17) is 0 Å². The molecule has 0 aliphatic rings. The molecule has 1 rings (SSSR count). The van der Waals surface area contributed by atoms with E-state index in [1.807, 2.05) is 0 Å². The van der Waals surface area contributed by atoms with Crippen LogP contribution in [0.3, 0.4) is 0 Å². The number of hydrogen-bond acceptors (Lipinski definition) is 3. The summed E-state index contributed by atoms with van der Waals surface area (Å²) in [5.41, 5.74) is 0.293. The van der Waals surface area contributed by atoms with Crippen molar-refractivity contribution in [3.63, 3.8) is 0 Å². The minimum absolute atomic E-state index is 0.0932. The Hall–Kier alpha value is -1.17. The minimum atomic E-state index is -0.795. The van der Waals surface area contributed by atoms with Gasteiger partial charge in [0.15, 0.2) is 0 Å². The molecule has 0 bridgehead atoms. The molecule has 4 nitrogen and oxygen atoms in total. The topological polar surface area (TPSA) is 54.0 Å². The predicted octanol–water partition coefficient (Wildman–Crippen LogP) is 1.38. The zero-order chi connectivity index (χ0) is 10.7. The summed E-state index contributed by atoms with van der Waals surface area (Å²) in [7, 11) is 3.04. The van der Waals surface area contributed by atoms with Crippen LogP contribution < -0.4 is 10.6 Å². The molecule has 0 aromatic carbocycles. The Bertz CT molecular complexity index is 370. The van der Waals surface area contributed by atoms with E-state index in [0.717, 1.165) is 0 Å². The largest absolute Gasteiger partial charge is 0.386 e. The fourth-order valence-electron chi connectivity index (χ4n) is 1.04. The van der Waals surface area contributed by atoms with E-state index in [-0.39, 0.29) is 5.56 Å². The van der Waals surface area contributed by atoms with Crippen molar-refractivity contribution in [3.8, 4) is 0 Å². The standard InChI is InChI=1S/C8H9BrFN3O/c1-11-6-4(9)3-13-7(10)5(6)8(14)12-2/h3H,1-2H3,(H,11,13)(H,12,14). The molecule has 14 heavy (non-hydrogen) atoms. The summed E-state index contributed by atoms with van der Waals surface area (Å²) in [6.45, 7) is 0. The molecule has 0 aliphatic carbocycles. The average molecular weight is 262 g/mol. The first-order valence-corrected chi connectivity index (χ1v) is 4.65. The third-order valence-corrected chi connectivity index (χ3v) is 2.29. The Morgan fingerprint density at radius 1 is 1.57 bits per heavy atom. The van der Waals surface area contributed by atoms with Gasteiger partial charge < -0.3 is 10.6 Å². The summed E-state index contributed by atoms with van der Waals surface area (Å²) in [5, 5.41) is 5.08. The highest BCUT2D eigenvalue weighted by molar-refractivity contribution is 9.10. The van der Waals surface area contributed by atoms with Crippen molar-refractivity contribution in [2.45, 2.75) is 0 Å². The summed E-state index contributed by atoms with van der Waals surface area (Å²) in [6, 6.07) is 0. The lowest BCUT2D eigenvalue weighted by molar-refractivity contribution is 0.0959. The number of aromatic nitrogens is 1. The lowest BCUT2D eigenvalue weighted by Gasteiger charge is -2.09. The molecule has 1 amide bonds. The van der Waals surface area contributed by atoms with Crippen LogP contribution in [0.15, 0.2) is 10.7 Å². The molecule has 0 radical (unpaired) electrons. The molecule has 0 spiro atoms. The second kappa shape index (κ2) is 4.36. The second-order valence-corrected chi connectivity index (χ2v) is 3.33. The molecule has 0 saturated carbocycles. The van der Waals surface area contributed by atoms with Gasteiger partial charge in [0.1, 0.15) is 5.56 Å². The van der Waals surface area contributed by atoms with Gasteiger partial charge in [0, 0.05) is 20.3 Å². The van der Waals surface area contributed by atoms with Crippen LogP contribution >= 0.6 is 15.9 Å². The Balaban J connectivity index is 3.37. The van der Waals surface area contributed by atoms with Crippen LogP contribution in [0.25, 0.3) is 0 Å². The normalized spacial score (nSPS) is 9.71. The van der Waals surface area contributed by atoms with Gasteiger partial charge in [0.25, 0.3) is 5.91 Å². The molecule has 1 heterocycles. The average Bonchev–Trinajstić information content (AvgIpc) is 2.19. The number of carbonyl (C=O) groups excluding carboxylic acids is 1. The van der Waals surface area contributed by atoms with Gasteiger partial charge in [0.05, 0.1) is 10.2 Å². The first kappa shape index (κ1) is 10.9. The summed E-state index contributed by atoms with van der Waals surface area (Å²) >= 11 is 3.17. The number of carbonyl (C=O) groups is 1. The van der Waals surface area contributed by atoms with Gasteiger partial charge in [-0.3, -0.25) is 4.79 Å². The SMILES string of the molecule is CNC(=O)c1c(F)ncc(Br)c1NC. The van der Waals surface area contributed by atoms with Crippen molar-refractivity contribution in [1.82, 2.24) is 10.3 Å². The maximum Gasteiger partial charge on any atom is 0.257 e. The molecule has 0 fully saturated rings. The van der Waals surface area contributed by atoms with Crippen LogP contribution in [0.4, 0.5) is 10.1 Å². The van der Waals surface area contributed by atoms with E-state index >= 15 is 0 Å². The van der Waals surface area contributed by atoms with Crippen molar-refractivity contribution >= 4 is 27.5 Å². The van der Waals surface area contributed by atoms with Gasteiger partial charge in [-0.1, -0.05) is 0 Å². The van der Waals surface area contributed by atoms with Crippen molar-refractivity contribution in [2.75, 3.05) is 19.4 Å². The zero-order valence-corrected chi connectivity index (χ0v) is 9.27. The van der Waals surface area contributed by atoms with Crippen LogP contribution in [0.5, 0.6) is 0 Å². The van der Waals surface area contributed by atoms with E-state index < -0.39 is 11.9 Å². The zero-order valence-electron chi connectivity index (χ0n) is 7.69. The lowest BCUT2D eigenvalue weighted by Crippen LogP contribution is -2.21. The molecule has 0 atom stereocenters. The quantitative estimate of drug-likeness (QED) is 0.792. The number of anilines is 1. The van der Waals surface area contributed by atoms with E-state index in [0.29, 0.717) is 10.2 Å². The molecule has 1 aromatic heterocycles. The fourth-order valence-corrected chi connectivity index (χ4v) is 1.54. The number of rotatable bonds is 2. The predicted molar refractivity (Wildman–Crippen MR) is 54.8 cm³/mol. The smallest absolute Gasteiger partial charge is 0.257 e. The second-order valence-electron chi connectivity index (χ2n) is 2.48. The van der Waals surface area contributed by atoms with Gasteiger partial charge in [-0.2, -0.15) is 4.39 Å². The Morgan fingerprint density at radius 3 is 2.71 bits per heavy atom. The molecule has 6 heteroatoms. The number of nitrogens with one attached hydrogen (secondary N) is 2. The van der Waals surface area contributed by atoms with E-state index in [2.05, 4.69) is 31.5 Å². The van der Waals surface area contributed by atoms with E-state index in [9.17, 15) is 9.18 Å². The van der Waals surface area contributed by atoms with Gasteiger partial charge >= 0.3 is 0 Å². The monoisotopic (exact) mass is 261 g/mol. The number of amides is 1. The van der Waals surface area contributed by atoms with Gasteiger partial charge in [-0.25, -0.2) is 4.98 Å². The highest BCUT2D eigenvalue weighted by Crippen LogP contribution is 2.26. The van der Waals surface area contributed by atoms with Crippen LogP contribution in [-0.4, -0.2) is 25.0 Å². The van der Waals surface area contributed by atoms with Gasteiger partial charge in [0.2, 0.25) is 5.95 Å².